The van der Waals surface area contributed by atoms with Crippen LogP contribution in [0.15, 0.2) is 47.4 Å². The van der Waals surface area contributed by atoms with E-state index in [0.717, 1.165) is 6.42 Å². The highest BCUT2D eigenvalue weighted by atomic mass is 16.5. The van der Waals surface area contributed by atoms with Gasteiger partial charge >= 0.3 is 5.97 Å². The number of hydrogen-bond acceptors (Lipinski definition) is 5. The number of pyridine rings is 1. The molecule has 8 heteroatoms. The maximum absolute atomic E-state index is 12.6. The van der Waals surface area contributed by atoms with Crippen molar-refractivity contribution in [2.75, 3.05) is 5.32 Å². The molecule has 2 N–H and O–H groups in total. The summed E-state index contributed by atoms with van der Waals surface area (Å²) in [6.45, 7) is 5.49. The minimum Gasteiger partial charge on any atom is -0.449 e. The average Bonchev–Trinajstić information content (AvgIpc) is 3.14. The van der Waals surface area contributed by atoms with Crippen molar-refractivity contribution >= 4 is 28.6 Å². The number of carbonyl (C=O) groups excluding carboxylic acids is 2. The molecule has 0 aliphatic carbocycles. The molecule has 0 spiro atoms. The lowest BCUT2D eigenvalue weighted by molar-refractivity contribution is -0.123. The predicted molar refractivity (Wildman–Crippen MR) is 105 cm³/mol. The number of para-hydroxylation sites is 1. The largest absolute Gasteiger partial charge is 0.449 e. The fraction of sp³-hybridized carbons (Fsp3) is 0.300. The summed E-state index contributed by atoms with van der Waals surface area (Å²) in [6.07, 6.45) is 1.40. The summed E-state index contributed by atoms with van der Waals surface area (Å²) in [7, 11) is 0. The molecule has 1 amide bonds. The van der Waals surface area contributed by atoms with Crippen LogP contribution in [0.1, 0.15) is 43.6 Å². The minimum atomic E-state index is -1.05. The van der Waals surface area contributed by atoms with Crippen molar-refractivity contribution < 1.29 is 14.3 Å². The molecule has 3 aromatic rings. The quantitative estimate of drug-likeness (QED) is 0.638. The van der Waals surface area contributed by atoms with Gasteiger partial charge in [0.2, 0.25) is 5.56 Å². The molecular formula is C20H22N4O4. The van der Waals surface area contributed by atoms with Crippen LogP contribution >= 0.6 is 0 Å². The monoisotopic (exact) mass is 382 g/mol. The van der Waals surface area contributed by atoms with Crippen LogP contribution in [0.2, 0.25) is 0 Å². The van der Waals surface area contributed by atoms with E-state index < -0.39 is 23.5 Å². The fourth-order valence-corrected chi connectivity index (χ4v) is 2.82. The number of ether oxygens (including phenoxy) is 1. The van der Waals surface area contributed by atoms with Crippen molar-refractivity contribution in [3.8, 4) is 0 Å². The van der Waals surface area contributed by atoms with Crippen LogP contribution in [-0.2, 0) is 9.53 Å². The number of aromatic amines is 1. The lowest BCUT2D eigenvalue weighted by Gasteiger charge is -2.17. The van der Waals surface area contributed by atoms with Gasteiger partial charge in [-0.15, -0.1) is 0 Å². The minimum absolute atomic E-state index is 0.114. The van der Waals surface area contributed by atoms with Crippen molar-refractivity contribution in [3.63, 3.8) is 0 Å². The van der Waals surface area contributed by atoms with Gasteiger partial charge in [-0.25, -0.2) is 9.48 Å². The third-order valence-corrected chi connectivity index (χ3v) is 4.55. The first kappa shape index (κ1) is 19.3. The number of aromatic nitrogens is 3. The number of anilines is 1. The Morgan fingerprint density at radius 3 is 2.75 bits per heavy atom. The van der Waals surface area contributed by atoms with Gasteiger partial charge in [0.25, 0.3) is 5.91 Å². The average molecular weight is 382 g/mol. The lowest BCUT2D eigenvalue weighted by Crippen LogP contribution is -2.31. The molecule has 28 heavy (non-hydrogen) atoms. The number of carbonyl (C=O) groups is 2. The number of hydrogen-bond donors (Lipinski definition) is 2. The molecule has 0 aliphatic heterocycles. The van der Waals surface area contributed by atoms with Gasteiger partial charge in [0.05, 0.1) is 17.8 Å². The van der Waals surface area contributed by atoms with Crippen LogP contribution in [0, 0.1) is 0 Å². The topological polar surface area (TPSA) is 106 Å². The summed E-state index contributed by atoms with van der Waals surface area (Å²) in [5.74, 6) is -0.684. The first-order valence-electron chi connectivity index (χ1n) is 9.08. The van der Waals surface area contributed by atoms with Crippen molar-refractivity contribution in [3.05, 3.63) is 58.5 Å². The predicted octanol–water partition coefficient (Wildman–Crippen LogP) is 2.88. The maximum Gasteiger partial charge on any atom is 0.339 e. The number of amides is 1. The number of nitrogens with zero attached hydrogens (tertiary/aromatic N) is 2. The van der Waals surface area contributed by atoms with Crippen LogP contribution in [0.25, 0.3) is 10.9 Å². The molecule has 2 aromatic heterocycles. The SMILES string of the molecule is CC[C@H](C)n1nccc1NC(=O)[C@H](C)OC(=O)c1cc(=O)[nH]c2ccccc12. The van der Waals surface area contributed by atoms with Gasteiger partial charge in [-0.2, -0.15) is 5.10 Å². The van der Waals surface area contributed by atoms with Crippen LogP contribution in [-0.4, -0.2) is 32.7 Å². The third kappa shape index (κ3) is 3.95. The molecule has 0 aliphatic rings. The van der Waals surface area contributed by atoms with Crippen LogP contribution in [0.4, 0.5) is 5.82 Å². The summed E-state index contributed by atoms with van der Waals surface area (Å²) in [5.41, 5.74) is 0.223. The Bertz CT molecular complexity index is 1070. The number of benzene rings is 1. The number of rotatable bonds is 6. The molecule has 1 aromatic carbocycles. The summed E-state index contributed by atoms with van der Waals surface area (Å²) in [5, 5.41) is 7.49. The Morgan fingerprint density at radius 2 is 2.00 bits per heavy atom. The van der Waals surface area contributed by atoms with Gasteiger partial charge in [0, 0.05) is 23.0 Å². The highest BCUT2D eigenvalue weighted by molar-refractivity contribution is 6.04. The lowest BCUT2D eigenvalue weighted by atomic mass is 10.1. The maximum atomic E-state index is 12.6. The molecule has 8 nitrogen and oxygen atoms in total. The fourth-order valence-electron chi connectivity index (χ4n) is 2.82. The Labute approximate surface area is 161 Å². The number of fused-ring (bicyclic) bond motifs is 1. The van der Waals surface area contributed by atoms with E-state index in [0.29, 0.717) is 16.7 Å². The van der Waals surface area contributed by atoms with E-state index in [1.54, 1.807) is 41.2 Å². The summed E-state index contributed by atoms with van der Waals surface area (Å²) < 4.78 is 7.01. The van der Waals surface area contributed by atoms with Crippen molar-refractivity contribution in [2.24, 2.45) is 0 Å². The molecular weight excluding hydrogens is 360 g/mol. The third-order valence-electron chi connectivity index (χ3n) is 4.55. The second-order valence-electron chi connectivity index (χ2n) is 6.55. The molecule has 0 radical (unpaired) electrons. The molecule has 2 heterocycles. The smallest absolute Gasteiger partial charge is 0.339 e. The zero-order valence-corrected chi connectivity index (χ0v) is 15.9. The van der Waals surface area contributed by atoms with Crippen LogP contribution in [0.5, 0.6) is 0 Å². The van der Waals surface area contributed by atoms with Gasteiger partial charge in [-0.1, -0.05) is 25.1 Å². The summed E-state index contributed by atoms with van der Waals surface area (Å²) >= 11 is 0. The first-order valence-corrected chi connectivity index (χ1v) is 9.08. The van der Waals surface area contributed by atoms with E-state index in [1.807, 2.05) is 13.8 Å². The van der Waals surface area contributed by atoms with Crippen LogP contribution < -0.4 is 10.9 Å². The Morgan fingerprint density at radius 1 is 1.25 bits per heavy atom. The van der Waals surface area contributed by atoms with Gasteiger partial charge in [-0.05, 0) is 26.3 Å². The van der Waals surface area contributed by atoms with Crippen LogP contribution in [0.3, 0.4) is 0 Å². The van der Waals surface area contributed by atoms with Crippen molar-refractivity contribution in [1.82, 2.24) is 14.8 Å². The van der Waals surface area contributed by atoms with Gasteiger partial charge in [0.15, 0.2) is 6.10 Å². The highest BCUT2D eigenvalue weighted by Gasteiger charge is 2.22. The van der Waals surface area contributed by atoms with Crippen molar-refractivity contribution in [1.29, 1.82) is 0 Å². The number of nitrogens with one attached hydrogen (secondary N) is 2. The Kier molecular flexibility index (Phi) is 5.58. The molecule has 146 valence electrons. The Hall–Kier alpha value is -3.42. The second-order valence-corrected chi connectivity index (χ2v) is 6.55. The van der Waals surface area contributed by atoms with E-state index in [-0.39, 0.29) is 11.6 Å². The highest BCUT2D eigenvalue weighted by Crippen LogP contribution is 2.18. The van der Waals surface area contributed by atoms with Gasteiger partial charge in [-0.3, -0.25) is 9.59 Å². The molecule has 2 atom stereocenters. The van der Waals surface area contributed by atoms with Crippen molar-refractivity contribution in [2.45, 2.75) is 39.3 Å². The first-order chi connectivity index (χ1) is 13.4. The molecule has 0 fully saturated rings. The zero-order valence-electron chi connectivity index (χ0n) is 15.9. The standard InChI is InChI=1S/C20H22N4O4/c1-4-12(2)24-17(9-10-21-24)23-19(26)13(3)28-20(27)15-11-18(25)22-16-8-6-5-7-14(15)16/h5-13H,4H2,1-3H3,(H,22,25)(H,23,26)/t12-,13-/m0/s1. The number of esters is 1. The molecule has 0 saturated heterocycles. The summed E-state index contributed by atoms with van der Waals surface area (Å²) in [6, 6.07) is 9.88. The molecule has 0 unspecified atom stereocenters. The van der Waals surface area contributed by atoms with Gasteiger partial charge < -0.3 is 15.0 Å². The molecule has 0 bridgehead atoms. The van der Waals surface area contributed by atoms with E-state index >= 15 is 0 Å². The van der Waals surface area contributed by atoms with Gasteiger partial charge in [0.1, 0.15) is 5.82 Å². The van der Waals surface area contributed by atoms with E-state index in [9.17, 15) is 14.4 Å². The zero-order chi connectivity index (χ0) is 20.3. The number of H-pyrrole nitrogens is 1. The molecule has 3 rings (SSSR count). The molecule has 0 saturated carbocycles. The van der Waals surface area contributed by atoms with E-state index in [2.05, 4.69) is 15.4 Å². The summed E-state index contributed by atoms with van der Waals surface area (Å²) in [4.78, 5) is 39.5. The van der Waals surface area contributed by atoms with E-state index in [1.165, 1.54) is 13.0 Å². The second kappa shape index (κ2) is 8.08. The normalized spacial score (nSPS) is 13.1. The Balaban J connectivity index is 1.75. The van der Waals surface area contributed by atoms with E-state index in [4.69, 9.17) is 4.74 Å².